The van der Waals surface area contributed by atoms with Gasteiger partial charge >= 0.3 is 17.6 Å². The third-order valence-electron chi connectivity index (χ3n) is 2.63. The summed E-state index contributed by atoms with van der Waals surface area (Å²) < 4.78 is 29.6. The van der Waals surface area contributed by atoms with E-state index in [0.717, 1.165) is 12.1 Å². The van der Waals surface area contributed by atoms with E-state index < -0.39 is 17.6 Å². The lowest BCUT2D eigenvalue weighted by atomic mass is 10.9. The predicted molar refractivity (Wildman–Crippen MR) is 80.1 cm³/mol. The summed E-state index contributed by atoms with van der Waals surface area (Å²) in [7, 11) is -5.38. The maximum absolute atomic E-state index is 6.27. The van der Waals surface area contributed by atoms with E-state index in [4.69, 9.17) is 21.8 Å². The van der Waals surface area contributed by atoms with E-state index >= 15 is 0 Å². The number of hydrogen-bond acceptors (Lipinski definition) is 5. The third-order valence-corrected chi connectivity index (χ3v) is 9.77. The van der Waals surface area contributed by atoms with Gasteiger partial charge in [0.1, 0.15) is 0 Å². The van der Waals surface area contributed by atoms with Crippen molar-refractivity contribution in [1.29, 1.82) is 0 Å². The molecule has 0 aliphatic carbocycles. The van der Waals surface area contributed by atoms with Crippen molar-refractivity contribution in [2.45, 2.75) is 53.6 Å². The molecule has 0 aromatic heterocycles. The van der Waals surface area contributed by atoms with Crippen molar-refractivity contribution in [2.75, 3.05) is 26.4 Å². The van der Waals surface area contributed by atoms with Gasteiger partial charge in [0.25, 0.3) is 0 Å². The number of hydrogen-bond donors (Lipinski definition) is 0. The van der Waals surface area contributed by atoms with Crippen LogP contribution in [0.2, 0.25) is 12.1 Å². The van der Waals surface area contributed by atoms with Gasteiger partial charge in [-0.25, -0.2) is 0 Å². The molecule has 0 aliphatic rings. The lowest BCUT2D eigenvalue weighted by Crippen LogP contribution is -2.58. The van der Waals surface area contributed by atoms with Crippen molar-refractivity contribution in [3.05, 3.63) is 0 Å². The van der Waals surface area contributed by atoms with E-state index in [1.807, 2.05) is 41.5 Å². The average Bonchev–Trinajstić information content (AvgIpc) is 2.39. The Labute approximate surface area is 120 Å². The Hall–Kier alpha value is 0.234. The largest absolute Gasteiger partial charge is 0.493 e. The van der Waals surface area contributed by atoms with Gasteiger partial charge in [-0.3, -0.25) is 0 Å². The molecule has 0 heterocycles. The van der Waals surface area contributed by atoms with Crippen LogP contribution in [0.15, 0.2) is 0 Å². The minimum absolute atomic E-state index is 0.576. The highest BCUT2D eigenvalue weighted by molar-refractivity contribution is 6.74. The first-order valence-electron chi connectivity index (χ1n) is 7.33. The molecule has 0 aromatic carbocycles. The first-order chi connectivity index (χ1) is 9.07. The molecule has 7 heteroatoms. The molecule has 0 saturated carbocycles. The zero-order chi connectivity index (χ0) is 14.8. The summed E-state index contributed by atoms with van der Waals surface area (Å²) in [4.78, 5) is 0. The maximum atomic E-state index is 6.27. The fourth-order valence-corrected chi connectivity index (χ4v) is 8.61. The van der Waals surface area contributed by atoms with Gasteiger partial charge in [-0.05, 0) is 27.7 Å². The Bertz CT molecular complexity index is 194. The van der Waals surface area contributed by atoms with E-state index in [9.17, 15) is 0 Å². The standard InChI is InChI=1S/C12H30O5Si2/c1-7-13-18(11-5,14-8-2)17-19(12-6,15-9-3)16-10-4/h7-12H2,1-6H3. The second-order valence-electron chi connectivity index (χ2n) is 3.91. The molecule has 0 fully saturated rings. The topological polar surface area (TPSA) is 46.2 Å². The Kier molecular flexibility index (Phi) is 10.2. The van der Waals surface area contributed by atoms with Gasteiger partial charge in [-0.2, -0.15) is 0 Å². The minimum atomic E-state index is -2.69. The summed E-state index contributed by atoms with van der Waals surface area (Å²) in [5, 5.41) is 0. The molecule has 0 aliphatic heterocycles. The molecule has 19 heavy (non-hydrogen) atoms. The Morgan fingerprint density at radius 2 is 0.789 bits per heavy atom. The zero-order valence-corrected chi connectivity index (χ0v) is 15.3. The summed E-state index contributed by atoms with van der Waals surface area (Å²) in [5.41, 5.74) is 0. The second kappa shape index (κ2) is 10.0. The van der Waals surface area contributed by atoms with Crippen molar-refractivity contribution in [3.63, 3.8) is 0 Å². The lowest BCUT2D eigenvalue weighted by molar-refractivity contribution is 0.0509. The van der Waals surface area contributed by atoms with Gasteiger partial charge in [0.05, 0.1) is 0 Å². The predicted octanol–water partition coefficient (Wildman–Crippen LogP) is 3.07. The molecule has 0 bridgehead atoms. The van der Waals surface area contributed by atoms with Crippen LogP contribution >= 0.6 is 0 Å². The SMILES string of the molecule is CCO[Si](CC)(OCC)O[Si](CC)(OCC)OCC. The molecule has 0 atom stereocenters. The van der Waals surface area contributed by atoms with Crippen LogP contribution in [0.3, 0.4) is 0 Å². The van der Waals surface area contributed by atoms with Crippen molar-refractivity contribution in [3.8, 4) is 0 Å². The highest BCUT2D eigenvalue weighted by Crippen LogP contribution is 2.25. The fourth-order valence-electron chi connectivity index (χ4n) is 1.87. The van der Waals surface area contributed by atoms with E-state index in [1.54, 1.807) is 0 Å². The van der Waals surface area contributed by atoms with E-state index in [1.165, 1.54) is 0 Å². The molecule has 0 amide bonds. The summed E-state index contributed by atoms with van der Waals surface area (Å²) in [6.45, 7) is 14.2. The summed E-state index contributed by atoms with van der Waals surface area (Å²) in [6, 6.07) is 1.45. The average molecular weight is 311 g/mol. The van der Waals surface area contributed by atoms with Gasteiger partial charge in [-0.1, -0.05) is 13.8 Å². The summed E-state index contributed by atoms with van der Waals surface area (Å²) in [6.07, 6.45) is 0. The van der Waals surface area contributed by atoms with Gasteiger partial charge in [-0.15, -0.1) is 0 Å². The molecular formula is C12H30O5Si2. The third kappa shape index (κ3) is 6.03. The molecule has 5 nitrogen and oxygen atoms in total. The number of rotatable bonds is 12. The minimum Gasteiger partial charge on any atom is -0.374 e. The van der Waals surface area contributed by atoms with E-state index in [-0.39, 0.29) is 0 Å². The molecule has 116 valence electrons. The molecular weight excluding hydrogens is 280 g/mol. The summed E-state index contributed by atoms with van der Waals surface area (Å²) >= 11 is 0. The highest BCUT2D eigenvalue weighted by atomic mass is 28.5. The second-order valence-corrected chi connectivity index (χ2v) is 10.0. The van der Waals surface area contributed by atoms with Gasteiger partial charge in [0.15, 0.2) is 0 Å². The van der Waals surface area contributed by atoms with E-state index in [2.05, 4.69) is 0 Å². The normalized spacial score (nSPS) is 12.9. The Morgan fingerprint density at radius 3 is 0.947 bits per heavy atom. The maximum Gasteiger partial charge on any atom is 0.493 e. The summed E-state index contributed by atoms with van der Waals surface area (Å²) in [5.74, 6) is 0. The molecule has 0 spiro atoms. The fraction of sp³-hybridized carbons (Fsp3) is 1.00. The monoisotopic (exact) mass is 310 g/mol. The molecule has 0 aromatic rings. The Balaban J connectivity index is 5.08. The molecule has 0 radical (unpaired) electrons. The Morgan fingerprint density at radius 1 is 0.526 bits per heavy atom. The lowest BCUT2D eigenvalue weighted by Gasteiger charge is -2.37. The first kappa shape index (κ1) is 19.2. The van der Waals surface area contributed by atoms with Crippen LogP contribution in [0, 0.1) is 0 Å². The molecule has 0 saturated heterocycles. The molecule has 0 N–H and O–H groups in total. The van der Waals surface area contributed by atoms with Crippen molar-refractivity contribution >= 4 is 17.6 Å². The van der Waals surface area contributed by atoms with Crippen LogP contribution in [-0.2, 0) is 21.8 Å². The van der Waals surface area contributed by atoms with Crippen LogP contribution in [0.5, 0.6) is 0 Å². The van der Waals surface area contributed by atoms with Crippen LogP contribution in [0.25, 0.3) is 0 Å². The zero-order valence-electron chi connectivity index (χ0n) is 13.3. The van der Waals surface area contributed by atoms with E-state index in [0.29, 0.717) is 26.4 Å². The van der Waals surface area contributed by atoms with Crippen LogP contribution in [0.1, 0.15) is 41.5 Å². The molecule has 0 rings (SSSR count). The van der Waals surface area contributed by atoms with Crippen LogP contribution in [-0.4, -0.2) is 44.0 Å². The van der Waals surface area contributed by atoms with Crippen molar-refractivity contribution < 1.29 is 21.8 Å². The van der Waals surface area contributed by atoms with Crippen LogP contribution < -0.4 is 0 Å². The van der Waals surface area contributed by atoms with Gasteiger partial charge in [0, 0.05) is 38.5 Å². The van der Waals surface area contributed by atoms with Crippen molar-refractivity contribution in [2.24, 2.45) is 0 Å². The van der Waals surface area contributed by atoms with Gasteiger partial charge < -0.3 is 21.8 Å². The molecule has 0 unspecified atom stereocenters. The quantitative estimate of drug-likeness (QED) is 0.518. The highest BCUT2D eigenvalue weighted by Gasteiger charge is 2.51. The van der Waals surface area contributed by atoms with Gasteiger partial charge in [0.2, 0.25) is 0 Å². The smallest absolute Gasteiger partial charge is 0.374 e. The first-order valence-corrected chi connectivity index (χ1v) is 11.2. The van der Waals surface area contributed by atoms with Crippen LogP contribution in [0.4, 0.5) is 0 Å². The van der Waals surface area contributed by atoms with Crippen molar-refractivity contribution in [1.82, 2.24) is 0 Å².